The Bertz CT molecular complexity index is 3410. The molecule has 86 heavy (non-hydrogen) atoms. The van der Waals surface area contributed by atoms with E-state index in [9.17, 15) is 14.7 Å². The fourth-order valence-corrected chi connectivity index (χ4v) is 11.6. The van der Waals surface area contributed by atoms with E-state index in [0.29, 0.717) is 77.2 Å². The highest BCUT2D eigenvalue weighted by Crippen LogP contribution is 2.53. The molecular weight excluding hydrogens is 1110 g/mol. The van der Waals surface area contributed by atoms with Gasteiger partial charge in [-0.2, -0.15) is 15.1 Å². The molecule has 4 aromatic carbocycles. The number of piperazine rings is 1. The molecule has 1 saturated carbocycles. The Balaban J connectivity index is 0.000000250. The van der Waals surface area contributed by atoms with E-state index in [1.807, 2.05) is 60.8 Å². The number of nitrogens with one attached hydrogen (secondary N) is 3. The third-order valence-corrected chi connectivity index (χ3v) is 17.1. The second kappa shape index (κ2) is 29.7. The van der Waals surface area contributed by atoms with Gasteiger partial charge in [0.05, 0.1) is 55.0 Å². The molecule has 7 aromatic rings. The number of anilines is 1. The number of aromatic nitrogens is 6. The van der Waals surface area contributed by atoms with Crippen LogP contribution in [-0.4, -0.2) is 130 Å². The number of likely N-dealkylation sites (tertiary alicyclic amines) is 1. The van der Waals surface area contributed by atoms with Gasteiger partial charge < -0.3 is 45.2 Å². The van der Waals surface area contributed by atoms with E-state index in [1.165, 1.54) is 18.9 Å². The molecule has 456 valence electrons. The summed E-state index contributed by atoms with van der Waals surface area (Å²) in [7, 11) is 1.76. The van der Waals surface area contributed by atoms with Crippen molar-refractivity contribution in [1.82, 2.24) is 50.9 Å². The number of rotatable bonds is 19. The van der Waals surface area contributed by atoms with Gasteiger partial charge in [0.25, 0.3) is 0 Å². The van der Waals surface area contributed by atoms with Gasteiger partial charge in [-0.05, 0) is 117 Å². The molecule has 7 heterocycles. The molecule has 5 unspecified atom stereocenters. The van der Waals surface area contributed by atoms with Crippen molar-refractivity contribution in [3.05, 3.63) is 130 Å². The topological polar surface area (TPSA) is 206 Å². The second-order valence-electron chi connectivity index (χ2n) is 22.7. The van der Waals surface area contributed by atoms with Crippen LogP contribution in [0.25, 0.3) is 44.5 Å². The maximum atomic E-state index is 15.8. The maximum absolute atomic E-state index is 15.8. The first kappa shape index (κ1) is 62.9. The summed E-state index contributed by atoms with van der Waals surface area (Å²) < 4.78 is 37.0. The van der Waals surface area contributed by atoms with E-state index in [2.05, 4.69) is 99.4 Å². The summed E-state index contributed by atoms with van der Waals surface area (Å²) in [5.74, 6) is 1.90. The van der Waals surface area contributed by atoms with Crippen LogP contribution in [0.4, 0.5) is 10.2 Å². The molecular formula is C66H82ClFN12O6. The molecule has 5 aliphatic rings. The first-order valence-electron chi connectivity index (χ1n) is 30.3. The van der Waals surface area contributed by atoms with Crippen molar-refractivity contribution in [2.45, 2.75) is 142 Å². The average Bonchev–Trinajstić information content (AvgIpc) is 1.29. The molecule has 2 amide bonds. The van der Waals surface area contributed by atoms with Crippen LogP contribution in [0.3, 0.4) is 0 Å². The van der Waals surface area contributed by atoms with Gasteiger partial charge in [0, 0.05) is 97.0 Å². The predicted octanol–water partition coefficient (Wildman–Crippen LogP) is 11.2. The summed E-state index contributed by atoms with van der Waals surface area (Å²) >= 11 is 6.08. The van der Waals surface area contributed by atoms with Crippen molar-refractivity contribution < 1.29 is 33.3 Å². The minimum atomic E-state index is -0.397. The summed E-state index contributed by atoms with van der Waals surface area (Å²) in [5, 5.41) is 30.1. The third-order valence-electron chi connectivity index (χ3n) is 16.8. The summed E-state index contributed by atoms with van der Waals surface area (Å²) in [5.41, 5.74) is 12.8. The molecule has 5 atom stereocenters. The van der Waals surface area contributed by atoms with Crippen molar-refractivity contribution in [1.29, 1.82) is 0 Å². The van der Waals surface area contributed by atoms with Crippen molar-refractivity contribution >= 4 is 47.4 Å². The first-order valence-corrected chi connectivity index (χ1v) is 30.7. The summed E-state index contributed by atoms with van der Waals surface area (Å²) in [6.45, 7) is 18.6. The van der Waals surface area contributed by atoms with Crippen LogP contribution in [0.15, 0.2) is 96.4 Å². The van der Waals surface area contributed by atoms with Crippen LogP contribution in [0, 0.1) is 18.7 Å². The van der Waals surface area contributed by atoms with Gasteiger partial charge in [-0.15, -0.1) is 5.10 Å². The molecule has 3 aromatic heterocycles. The number of hydrazone groups is 1. The lowest BCUT2D eigenvalue weighted by Gasteiger charge is -2.31. The van der Waals surface area contributed by atoms with E-state index in [1.54, 1.807) is 37.7 Å². The smallest absolute Gasteiger partial charge is 0.319 e. The van der Waals surface area contributed by atoms with E-state index in [4.69, 9.17) is 35.8 Å². The summed E-state index contributed by atoms with van der Waals surface area (Å²) in [4.78, 5) is 39.5. The number of halogens is 2. The Labute approximate surface area is 509 Å². The molecule has 12 rings (SSSR count). The minimum Gasteiger partial charge on any atom is -0.486 e. The van der Waals surface area contributed by atoms with Crippen LogP contribution in [-0.2, 0) is 20.9 Å². The standard InChI is InChI=1S/C44H52FN9O3.C14H13ClN2O2.C6H11NO.C2H6/c1-25(2)27(4)54-23-38(51-52-54)30-8-6-28(7-9-30)24-56-42-40(39-26(3)37(45)13-12-31(39)20-48-46-5)35(29-10-11-29)19-36-41(42)49-44(57-34-14-16-55-17-15-34)50-43(36)53-22-32-18-33(53)21-47-32;15-12-2-1-7-16-14(12)11-5-3-10(4-6-11)13(8-18)17-9-19;1-6-3-2-4-7(6)5-8;1-2/h6-9,12-13,19-20,23,25,27,29,32-34,46-47H,10-11,14-18,21-22,24H2,1-5H3;1-7,9,13,18H,8H2,(H,17,19);5-6H,2-4H2,1H3;1-2H3/b48-20-;;;. The Hall–Kier alpha value is -7.58. The van der Waals surface area contributed by atoms with E-state index in [-0.39, 0.29) is 37.1 Å². The quantitative estimate of drug-likeness (QED) is 0.0338. The van der Waals surface area contributed by atoms with Gasteiger partial charge in [0.15, 0.2) is 5.75 Å². The van der Waals surface area contributed by atoms with Crippen molar-refractivity contribution in [2.24, 2.45) is 11.0 Å². The number of hydrogen-bond donors (Lipinski definition) is 4. The van der Waals surface area contributed by atoms with Crippen molar-refractivity contribution in [3.8, 4) is 45.4 Å². The minimum absolute atomic E-state index is 0.0566. The number of carbonyl (C=O) groups is 2. The largest absolute Gasteiger partial charge is 0.486 e. The van der Waals surface area contributed by atoms with E-state index < -0.39 is 6.04 Å². The van der Waals surface area contributed by atoms with Gasteiger partial charge in [-0.3, -0.25) is 14.6 Å². The molecule has 4 N–H and O–H groups in total. The first-order chi connectivity index (χ1) is 41.8. The van der Waals surface area contributed by atoms with Crippen molar-refractivity contribution in [3.63, 3.8) is 0 Å². The number of amides is 2. The van der Waals surface area contributed by atoms with E-state index >= 15 is 4.39 Å². The van der Waals surface area contributed by atoms with Crippen LogP contribution in [0.1, 0.15) is 132 Å². The number of aliphatic hydroxyl groups excluding tert-OH is 1. The summed E-state index contributed by atoms with van der Waals surface area (Å²) in [6.07, 6.45) is 13.9. The second-order valence-corrected chi connectivity index (χ2v) is 23.1. The number of hydrogen-bond acceptors (Lipinski definition) is 15. The van der Waals surface area contributed by atoms with Gasteiger partial charge in [0.1, 0.15) is 35.6 Å². The zero-order valence-electron chi connectivity index (χ0n) is 50.7. The van der Waals surface area contributed by atoms with Crippen LogP contribution in [0.5, 0.6) is 11.8 Å². The number of pyridine rings is 1. The Kier molecular flexibility index (Phi) is 21.7. The number of ether oxygens (including phenoxy) is 3. The van der Waals surface area contributed by atoms with Crippen LogP contribution in [0.2, 0.25) is 5.02 Å². The zero-order chi connectivity index (χ0) is 60.9. The highest BCUT2D eigenvalue weighted by Gasteiger charge is 2.41. The normalized spacial score (nSPS) is 18.8. The summed E-state index contributed by atoms with van der Waals surface area (Å²) in [6, 6.07) is 26.1. The number of nitrogens with zero attached hydrogens (tertiary/aromatic N) is 9. The Morgan fingerprint density at radius 2 is 1.72 bits per heavy atom. The highest BCUT2D eigenvalue weighted by atomic mass is 35.5. The molecule has 5 fully saturated rings. The molecule has 4 saturated heterocycles. The van der Waals surface area contributed by atoms with Crippen molar-refractivity contribution in [2.75, 3.05) is 51.4 Å². The third kappa shape index (κ3) is 14.8. The van der Waals surface area contributed by atoms with E-state index in [0.717, 1.165) is 120 Å². The average molecular weight is 1190 g/mol. The number of carbonyl (C=O) groups excluding carboxylic acids is 2. The SMILES string of the molecule is CC.CC1CCCN1C=O.CN/N=C\c1ccc(F)c(C)c1-c1c(C2CC2)cc2c(N3CC4CC3CN4)nc(OC3CCOCC3)nc2c1OCc1ccc(-c2cn(C(C)C(C)C)nn2)cc1.O=CNC(CO)c1ccc(-c2ncccc2Cl)cc1. The van der Waals surface area contributed by atoms with Crippen LogP contribution >= 0.6 is 11.6 Å². The Morgan fingerprint density at radius 1 is 0.965 bits per heavy atom. The monoisotopic (exact) mass is 1190 g/mol. The molecule has 2 bridgehead atoms. The fraction of sp³-hybridized carbons (Fsp3) is 0.455. The molecule has 1 aliphatic carbocycles. The molecule has 0 spiro atoms. The van der Waals surface area contributed by atoms with Crippen LogP contribution < -0.4 is 30.4 Å². The molecule has 18 nitrogen and oxygen atoms in total. The number of benzene rings is 4. The maximum Gasteiger partial charge on any atom is 0.319 e. The van der Waals surface area contributed by atoms with Gasteiger partial charge in [-0.1, -0.05) is 93.0 Å². The number of aliphatic hydroxyl groups is 1. The lowest BCUT2D eigenvalue weighted by atomic mass is 9.88. The van der Waals surface area contributed by atoms with Gasteiger partial charge >= 0.3 is 6.01 Å². The molecule has 4 aliphatic heterocycles. The lowest BCUT2D eigenvalue weighted by Crippen LogP contribution is -2.44. The highest BCUT2D eigenvalue weighted by molar-refractivity contribution is 6.33. The van der Waals surface area contributed by atoms with Gasteiger partial charge in [0.2, 0.25) is 12.8 Å². The number of fused-ring (bicyclic) bond motifs is 3. The Morgan fingerprint density at radius 3 is 2.34 bits per heavy atom. The molecule has 0 radical (unpaired) electrons. The van der Waals surface area contributed by atoms with Gasteiger partial charge in [-0.25, -0.2) is 9.07 Å². The predicted molar refractivity (Wildman–Crippen MR) is 336 cm³/mol. The lowest BCUT2D eigenvalue weighted by molar-refractivity contribution is -0.118. The fourth-order valence-electron chi connectivity index (χ4n) is 11.4. The zero-order valence-corrected chi connectivity index (χ0v) is 51.4. The molecule has 20 heteroatoms.